The van der Waals surface area contributed by atoms with E-state index in [0.29, 0.717) is 16.5 Å². The SMILES string of the molecule is CCc1cc2c(s1)SCC(=O)N2CC(=O)Nc1ccccc1Cl. The van der Waals surface area contributed by atoms with Crippen LogP contribution in [-0.2, 0) is 16.0 Å². The third kappa shape index (κ3) is 3.54. The Balaban J connectivity index is 1.77. The fourth-order valence-corrected chi connectivity index (χ4v) is 4.76. The molecule has 1 aliphatic rings. The van der Waals surface area contributed by atoms with Crippen LogP contribution in [0, 0.1) is 0 Å². The monoisotopic (exact) mass is 366 g/mol. The number of para-hydroxylation sites is 1. The van der Waals surface area contributed by atoms with E-state index in [9.17, 15) is 9.59 Å². The lowest BCUT2D eigenvalue weighted by atomic mass is 10.3. The third-order valence-corrected chi connectivity index (χ3v) is 6.31. The number of benzene rings is 1. The predicted octanol–water partition coefficient (Wildman–Crippen LogP) is 4.04. The first-order chi connectivity index (χ1) is 11.1. The number of carbonyl (C=O) groups excluding carboxylic acids is 2. The van der Waals surface area contributed by atoms with Crippen LogP contribution in [0.1, 0.15) is 11.8 Å². The van der Waals surface area contributed by atoms with Crippen LogP contribution in [0.3, 0.4) is 0 Å². The second-order valence-electron chi connectivity index (χ2n) is 5.04. The number of thioether (sulfide) groups is 1. The van der Waals surface area contributed by atoms with E-state index in [4.69, 9.17) is 11.6 Å². The van der Waals surface area contributed by atoms with E-state index in [2.05, 4.69) is 12.2 Å². The molecule has 120 valence electrons. The molecule has 0 saturated carbocycles. The Morgan fingerprint density at radius 1 is 1.39 bits per heavy atom. The molecule has 2 heterocycles. The van der Waals surface area contributed by atoms with Crippen molar-refractivity contribution in [3.63, 3.8) is 0 Å². The van der Waals surface area contributed by atoms with Gasteiger partial charge in [0, 0.05) is 4.88 Å². The summed E-state index contributed by atoms with van der Waals surface area (Å²) in [6, 6.07) is 9.05. The van der Waals surface area contributed by atoms with Gasteiger partial charge in [-0.1, -0.05) is 30.7 Å². The van der Waals surface area contributed by atoms with Crippen molar-refractivity contribution in [1.29, 1.82) is 0 Å². The minimum Gasteiger partial charge on any atom is -0.323 e. The van der Waals surface area contributed by atoms with Crippen LogP contribution in [0.15, 0.2) is 34.5 Å². The topological polar surface area (TPSA) is 49.4 Å². The Labute approximate surface area is 147 Å². The molecule has 0 aliphatic carbocycles. The summed E-state index contributed by atoms with van der Waals surface area (Å²) in [5.41, 5.74) is 1.40. The summed E-state index contributed by atoms with van der Waals surface area (Å²) in [7, 11) is 0. The molecule has 0 spiro atoms. The molecule has 2 aromatic rings. The van der Waals surface area contributed by atoms with Crippen LogP contribution < -0.4 is 10.2 Å². The summed E-state index contributed by atoms with van der Waals surface area (Å²) in [6.07, 6.45) is 0.923. The Bertz CT molecular complexity index is 760. The molecule has 1 aromatic carbocycles. The molecule has 1 aliphatic heterocycles. The first-order valence-electron chi connectivity index (χ1n) is 7.18. The average Bonchev–Trinajstić information content (AvgIpc) is 2.96. The fourth-order valence-electron chi connectivity index (χ4n) is 2.29. The number of rotatable bonds is 4. The van der Waals surface area contributed by atoms with Gasteiger partial charge in [0.1, 0.15) is 6.54 Å². The summed E-state index contributed by atoms with van der Waals surface area (Å²) in [5, 5.41) is 3.24. The van der Waals surface area contributed by atoms with Gasteiger partial charge in [-0.3, -0.25) is 9.59 Å². The summed E-state index contributed by atoms with van der Waals surface area (Å²) < 4.78 is 1.10. The van der Waals surface area contributed by atoms with E-state index in [0.717, 1.165) is 16.3 Å². The summed E-state index contributed by atoms with van der Waals surface area (Å²) in [6.45, 7) is 2.08. The van der Waals surface area contributed by atoms with Crippen molar-refractivity contribution in [1.82, 2.24) is 0 Å². The normalized spacial score (nSPS) is 13.8. The number of carbonyl (C=O) groups is 2. The highest BCUT2D eigenvalue weighted by Crippen LogP contribution is 2.42. The van der Waals surface area contributed by atoms with E-state index < -0.39 is 0 Å². The molecule has 4 nitrogen and oxygen atoms in total. The van der Waals surface area contributed by atoms with Gasteiger partial charge in [-0.2, -0.15) is 0 Å². The number of nitrogens with one attached hydrogen (secondary N) is 1. The quantitative estimate of drug-likeness (QED) is 0.888. The van der Waals surface area contributed by atoms with Gasteiger partial charge in [0.05, 0.1) is 26.4 Å². The molecule has 2 amide bonds. The highest BCUT2D eigenvalue weighted by molar-refractivity contribution is 8.02. The molecule has 0 atom stereocenters. The number of halogens is 1. The lowest BCUT2D eigenvalue weighted by Gasteiger charge is -2.26. The van der Waals surface area contributed by atoms with Crippen LogP contribution in [0.5, 0.6) is 0 Å². The summed E-state index contributed by atoms with van der Waals surface area (Å²) in [5.74, 6) is 0.0709. The number of hydrogen-bond donors (Lipinski definition) is 1. The first-order valence-corrected chi connectivity index (χ1v) is 9.36. The number of fused-ring (bicyclic) bond motifs is 1. The van der Waals surface area contributed by atoms with Gasteiger partial charge in [-0.15, -0.1) is 23.1 Å². The molecule has 0 saturated heterocycles. The highest BCUT2D eigenvalue weighted by Gasteiger charge is 2.28. The Morgan fingerprint density at radius 2 is 2.17 bits per heavy atom. The minimum atomic E-state index is -0.256. The zero-order chi connectivity index (χ0) is 16.4. The molecule has 1 aromatic heterocycles. The molecule has 0 fully saturated rings. The molecular formula is C16H15ClN2O2S2. The number of nitrogens with zero attached hydrogens (tertiary/aromatic N) is 1. The van der Waals surface area contributed by atoms with E-state index in [-0.39, 0.29) is 18.4 Å². The minimum absolute atomic E-state index is 0.00248. The molecular weight excluding hydrogens is 352 g/mol. The van der Waals surface area contributed by atoms with Gasteiger partial charge >= 0.3 is 0 Å². The first kappa shape index (κ1) is 16.4. The molecule has 0 radical (unpaired) electrons. The number of anilines is 2. The van der Waals surface area contributed by atoms with E-state index in [1.807, 2.05) is 6.07 Å². The lowest BCUT2D eigenvalue weighted by Crippen LogP contribution is -2.40. The van der Waals surface area contributed by atoms with Crippen LogP contribution in [0.4, 0.5) is 11.4 Å². The molecule has 0 unspecified atom stereocenters. The maximum atomic E-state index is 12.3. The second-order valence-corrected chi connectivity index (χ2v) is 7.82. The van der Waals surface area contributed by atoms with Crippen molar-refractivity contribution in [3.8, 4) is 0 Å². The smallest absolute Gasteiger partial charge is 0.244 e. The molecule has 0 bridgehead atoms. The van der Waals surface area contributed by atoms with Gasteiger partial charge in [0.25, 0.3) is 0 Å². The van der Waals surface area contributed by atoms with Crippen molar-refractivity contribution in [2.24, 2.45) is 0 Å². The van der Waals surface area contributed by atoms with E-state index in [1.54, 1.807) is 52.3 Å². The summed E-state index contributed by atoms with van der Waals surface area (Å²) >= 11 is 9.28. The number of amides is 2. The van der Waals surface area contributed by atoms with E-state index in [1.165, 1.54) is 4.88 Å². The Morgan fingerprint density at radius 3 is 2.91 bits per heavy atom. The van der Waals surface area contributed by atoms with Crippen LogP contribution in [0.2, 0.25) is 5.02 Å². The van der Waals surface area contributed by atoms with Crippen molar-refractivity contribution < 1.29 is 9.59 Å². The van der Waals surface area contributed by atoms with Crippen LogP contribution in [-0.4, -0.2) is 24.1 Å². The second kappa shape index (κ2) is 6.95. The van der Waals surface area contributed by atoms with Gasteiger partial charge in [0.15, 0.2) is 0 Å². The maximum Gasteiger partial charge on any atom is 0.244 e. The summed E-state index contributed by atoms with van der Waals surface area (Å²) in [4.78, 5) is 27.3. The van der Waals surface area contributed by atoms with Gasteiger partial charge < -0.3 is 10.2 Å². The molecule has 3 rings (SSSR count). The largest absolute Gasteiger partial charge is 0.323 e. The third-order valence-electron chi connectivity index (χ3n) is 3.45. The lowest BCUT2D eigenvalue weighted by molar-refractivity contribution is -0.120. The maximum absolute atomic E-state index is 12.3. The molecule has 7 heteroatoms. The van der Waals surface area contributed by atoms with Crippen LogP contribution in [0.25, 0.3) is 0 Å². The highest BCUT2D eigenvalue weighted by atomic mass is 35.5. The number of thiophene rings is 1. The van der Waals surface area contributed by atoms with E-state index >= 15 is 0 Å². The standard InChI is InChI=1S/C16H15ClN2O2S2/c1-2-10-7-13-16(23-10)22-9-15(21)19(13)8-14(20)18-12-6-4-3-5-11(12)17/h3-7H,2,8-9H2,1H3,(H,18,20). The molecule has 23 heavy (non-hydrogen) atoms. The Hall–Kier alpha value is -1.50. The van der Waals surface area contributed by atoms with Gasteiger partial charge in [0.2, 0.25) is 11.8 Å². The fraction of sp³-hybridized carbons (Fsp3) is 0.250. The predicted molar refractivity (Wildman–Crippen MR) is 96.9 cm³/mol. The molecule has 1 N–H and O–H groups in total. The van der Waals surface area contributed by atoms with Crippen molar-refractivity contribution in [2.75, 3.05) is 22.5 Å². The van der Waals surface area contributed by atoms with Gasteiger partial charge in [-0.05, 0) is 24.6 Å². The number of hydrogen-bond acceptors (Lipinski definition) is 4. The zero-order valence-electron chi connectivity index (χ0n) is 12.5. The van der Waals surface area contributed by atoms with Crippen molar-refractivity contribution in [3.05, 3.63) is 40.2 Å². The zero-order valence-corrected chi connectivity index (χ0v) is 14.9. The Kier molecular flexibility index (Phi) is 4.94. The van der Waals surface area contributed by atoms with Crippen molar-refractivity contribution >= 4 is 57.9 Å². The van der Waals surface area contributed by atoms with Crippen LogP contribution >= 0.6 is 34.7 Å². The van der Waals surface area contributed by atoms with Gasteiger partial charge in [-0.25, -0.2) is 0 Å². The van der Waals surface area contributed by atoms with Crippen molar-refractivity contribution in [2.45, 2.75) is 17.6 Å². The average molecular weight is 367 g/mol. The number of aryl methyl sites for hydroxylation is 1.